The van der Waals surface area contributed by atoms with Crippen LogP contribution in [0.1, 0.15) is 12.5 Å². The third kappa shape index (κ3) is 4.34. The van der Waals surface area contributed by atoms with E-state index < -0.39 is 12.3 Å². The van der Waals surface area contributed by atoms with Gasteiger partial charge in [0.05, 0.1) is 12.7 Å². The first-order chi connectivity index (χ1) is 10.0. The van der Waals surface area contributed by atoms with Crippen molar-refractivity contribution in [3.8, 4) is 5.75 Å². The van der Waals surface area contributed by atoms with Crippen LogP contribution in [0, 0.1) is 0 Å². The van der Waals surface area contributed by atoms with Gasteiger partial charge in [0.25, 0.3) is 5.56 Å². The van der Waals surface area contributed by atoms with Crippen LogP contribution >= 0.6 is 0 Å². The molecule has 1 amide bonds. The summed E-state index contributed by atoms with van der Waals surface area (Å²) in [5, 5.41) is 14.7. The SMILES string of the molecule is CC(NC(=O)O)Oc1cnn(Cc2ccccc2)c(=O)c1. The fourth-order valence-corrected chi connectivity index (χ4v) is 1.76. The van der Waals surface area contributed by atoms with Crippen LogP contribution in [0.15, 0.2) is 47.4 Å². The zero-order valence-corrected chi connectivity index (χ0v) is 11.4. The highest BCUT2D eigenvalue weighted by atomic mass is 16.5. The van der Waals surface area contributed by atoms with Gasteiger partial charge in [-0.2, -0.15) is 5.10 Å². The van der Waals surface area contributed by atoms with Crippen molar-refractivity contribution in [1.82, 2.24) is 15.1 Å². The molecule has 0 aliphatic heterocycles. The van der Waals surface area contributed by atoms with Crippen LogP contribution in [0.25, 0.3) is 0 Å². The van der Waals surface area contributed by atoms with E-state index in [0.717, 1.165) is 5.56 Å². The molecule has 2 rings (SSSR count). The highest BCUT2D eigenvalue weighted by Crippen LogP contribution is 2.06. The van der Waals surface area contributed by atoms with Gasteiger partial charge in [-0.1, -0.05) is 30.3 Å². The van der Waals surface area contributed by atoms with E-state index in [0.29, 0.717) is 6.54 Å². The number of nitrogens with one attached hydrogen (secondary N) is 1. The second kappa shape index (κ2) is 6.56. The molecule has 0 aliphatic rings. The van der Waals surface area contributed by atoms with E-state index in [-0.39, 0.29) is 11.3 Å². The minimum Gasteiger partial charge on any atom is -0.469 e. The van der Waals surface area contributed by atoms with E-state index in [1.165, 1.54) is 23.9 Å². The van der Waals surface area contributed by atoms with Crippen LogP contribution in [0.3, 0.4) is 0 Å². The van der Waals surface area contributed by atoms with Crippen molar-refractivity contribution in [2.45, 2.75) is 19.7 Å². The summed E-state index contributed by atoms with van der Waals surface area (Å²) in [4.78, 5) is 22.4. The average Bonchev–Trinajstić information content (AvgIpc) is 2.42. The van der Waals surface area contributed by atoms with Gasteiger partial charge in [-0.3, -0.25) is 10.1 Å². The summed E-state index contributed by atoms with van der Waals surface area (Å²) in [6, 6.07) is 10.7. The standard InChI is InChI=1S/C14H15N3O4/c1-10(16-14(19)20)21-12-7-13(18)17(15-8-12)9-11-5-3-2-4-6-11/h2-8,10,16H,9H2,1H3,(H,19,20). The van der Waals surface area contributed by atoms with E-state index in [2.05, 4.69) is 10.4 Å². The van der Waals surface area contributed by atoms with Gasteiger partial charge in [0, 0.05) is 6.07 Å². The zero-order valence-electron chi connectivity index (χ0n) is 11.4. The summed E-state index contributed by atoms with van der Waals surface area (Å²) in [6.45, 7) is 1.88. The van der Waals surface area contributed by atoms with Crippen LogP contribution in [-0.2, 0) is 6.54 Å². The number of aromatic nitrogens is 2. The predicted molar refractivity (Wildman–Crippen MR) is 75.3 cm³/mol. The number of ether oxygens (including phenoxy) is 1. The van der Waals surface area contributed by atoms with Gasteiger partial charge in [0.15, 0.2) is 6.23 Å². The van der Waals surface area contributed by atoms with Gasteiger partial charge in [-0.25, -0.2) is 9.48 Å². The number of hydrogen-bond donors (Lipinski definition) is 2. The largest absolute Gasteiger partial charge is 0.469 e. The summed E-state index contributed by atoms with van der Waals surface area (Å²) < 4.78 is 6.55. The van der Waals surface area contributed by atoms with E-state index in [9.17, 15) is 9.59 Å². The fourth-order valence-electron chi connectivity index (χ4n) is 1.76. The van der Waals surface area contributed by atoms with Gasteiger partial charge < -0.3 is 9.84 Å². The first-order valence-electron chi connectivity index (χ1n) is 6.32. The molecular formula is C14H15N3O4. The Hall–Kier alpha value is -2.83. The molecule has 0 saturated carbocycles. The lowest BCUT2D eigenvalue weighted by atomic mass is 10.2. The first-order valence-corrected chi connectivity index (χ1v) is 6.32. The summed E-state index contributed by atoms with van der Waals surface area (Å²) in [7, 11) is 0. The summed E-state index contributed by atoms with van der Waals surface area (Å²) in [5.41, 5.74) is 0.639. The lowest BCUT2D eigenvalue weighted by molar-refractivity contribution is 0.147. The van der Waals surface area contributed by atoms with Gasteiger partial charge >= 0.3 is 6.09 Å². The quantitative estimate of drug-likeness (QED) is 0.809. The maximum absolute atomic E-state index is 11.9. The Morgan fingerprint density at radius 1 is 1.43 bits per heavy atom. The van der Waals surface area contributed by atoms with Crippen molar-refractivity contribution in [2.75, 3.05) is 0 Å². The second-order valence-corrected chi connectivity index (χ2v) is 4.38. The number of carbonyl (C=O) groups is 1. The molecule has 0 saturated heterocycles. The van der Waals surface area contributed by atoms with Crippen LogP contribution < -0.4 is 15.6 Å². The molecule has 2 aromatic rings. The topological polar surface area (TPSA) is 93.4 Å². The Morgan fingerprint density at radius 3 is 2.76 bits per heavy atom. The molecule has 2 N–H and O–H groups in total. The van der Waals surface area contributed by atoms with Gasteiger partial charge in [-0.05, 0) is 12.5 Å². The Bertz CT molecular complexity index is 669. The molecule has 21 heavy (non-hydrogen) atoms. The first kappa shape index (κ1) is 14.6. The van der Waals surface area contributed by atoms with Gasteiger partial charge in [-0.15, -0.1) is 0 Å². The van der Waals surface area contributed by atoms with Crippen molar-refractivity contribution in [3.05, 3.63) is 58.5 Å². The molecule has 110 valence electrons. The van der Waals surface area contributed by atoms with Crippen LogP contribution in [0.5, 0.6) is 5.75 Å². The maximum atomic E-state index is 11.9. The predicted octanol–water partition coefficient (Wildman–Crippen LogP) is 1.28. The monoisotopic (exact) mass is 289 g/mol. The number of amides is 1. The van der Waals surface area contributed by atoms with Crippen molar-refractivity contribution in [2.24, 2.45) is 0 Å². The lowest BCUT2D eigenvalue weighted by Gasteiger charge is -2.14. The van der Waals surface area contributed by atoms with Crippen LogP contribution in [-0.4, -0.2) is 27.2 Å². The number of rotatable bonds is 5. The molecule has 0 fully saturated rings. The minimum atomic E-state index is -1.20. The normalized spacial score (nSPS) is 11.7. The van der Waals surface area contributed by atoms with Crippen molar-refractivity contribution in [1.29, 1.82) is 0 Å². The summed E-state index contributed by atoms with van der Waals surface area (Å²) in [5.74, 6) is 0.213. The highest BCUT2D eigenvalue weighted by molar-refractivity contribution is 5.64. The number of carboxylic acid groups (broad SMARTS) is 1. The van der Waals surface area contributed by atoms with E-state index in [1.807, 2.05) is 30.3 Å². The molecule has 1 unspecified atom stereocenters. The third-order valence-electron chi connectivity index (χ3n) is 2.66. The molecule has 1 aromatic heterocycles. The smallest absolute Gasteiger partial charge is 0.407 e. The van der Waals surface area contributed by atoms with E-state index in [1.54, 1.807) is 0 Å². The molecule has 0 spiro atoms. The van der Waals surface area contributed by atoms with Gasteiger partial charge in [0.2, 0.25) is 0 Å². The molecule has 7 nitrogen and oxygen atoms in total. The van der Waals surface area contributed by atoms with Crippen molar-refractivity contribution in [3.63, 3.8) is 0 Å². The minimum absolute atomic E-state index is 0.213. The molecule has 1 atom stereocenters. The Labute approximate surface area is 120 Å². The molecule has 1 heterocycles. The highest BCUT2D eigenvalue weighted by Gasteiger charge is 2.08. The van der Waals surface area contributed by atoms with Crippen LogP contribution in [0.4, 0.5) is 4.79 Å². The molecule has 0 bridgehead atoms. The molecular weight excluding hydrogens is 274 g/mol. The average molecular weight is 289 g/mol. The Morgan fingerprint density at radius 2 is 2.14 bits per heavy atom. The third-order valence-corrected chi connectivity index (χ3v) is 2.66. The Kier molecular flexibility index (Phi) is 4.55. The molecule has 0 aliphatic carbocycles. The summed E-state index contributed by atoms with van der Waals surface area (Å²) in [6.07, 6.45) is -0.591. The van der Waals surface area contributed by atoms with Crippen LogP contribution in [0.2, 0.25) is 0 Å². The summed E-state index contributed by atoms with van der Waals surface area (Å²) >= 11 is 0. The van der Waals surface area contributed by atoms with E-state index >= 15 is 0 Å². The maximum Gasteiger partial charge on any atom is 0.407 e. The molecule has 1 aromatic carbocycles. The number of hydrogen-bond acceptors (Lipinski definition) is 4. The van der Waals surface area contributed by atoms with Crippen molar-refractivity contribution >= 4 is 6.09 Å². The number of nitrogens with zero attached hydrogens (tertiary/aromatic N) is 2. The zero-order chi connectivity index (χ0) is 15.2. The van der Waals surface area contributed by atoms with E-state index in [4.69, 9.17) is 9.84 Å². The van der Waals surface area contributed by atoms with Gasteiger partial charge in [0.1, 0.15) is 5.75 Å². The van der Waals surface area contributed by atoms with Crippen molar-refractivity contribution < 1.29 is 14.6 Å². The lowest BCUT2D eigenvalue weighted by Crippen LogP contribution is -2.36. The Balaban J connectivity index is 2.07. The molecule has 7 heteroatoms. The number of benzene rings is 1. The fraction of sp³-hybridized carbons (Fsp3) is 0.214. The molecule has 0 radical (unpaired) electrons. The second-order valence-electron chi connectivity index (χ2n) is 4.38.